The zero-order valence-electron chi connectivity index (χ0n) is 10.1. The first-order valence-corrected chi connectivity index (χ1v) is 6.07. The van der Waals surface area contributed by atoms with Gasteiger partial charge in [-0.15, -0.1) is 11.3 Å². The summed E-state index contributed by atoms with van der Waals surface area (Å²) in [5.74, 6) is -0.348. The summed E-state index contributed by atoms with van der Waals surface area (Å²) in [7, 11) is 1.36. The molecule has 90 valence electrons. The number of ether oxygens (including phenoxy) is 2. The number of carbonyl (C=O) groups is 1. The second kappa shape index (κ2) is 5.41. The fraction of sp³-hybridized carbons (Fsp3) is 0.636. The van der Waals surface area contributed by atoms with E-state index >= 15 is 0 Å². The summed E-state index contributed by atoms with van der Waals surface area (Å²) in [4.78, 5) is 16.1. The SMILES string of the molecule is CCOC(C)(CC)c1ncc(C(=O)OC)s1. The van der Waals surface area contributed by atoms with Gasteiger partial charge in [0.1, 0.15) is 15.5 Å². The number of esters is 1. The summed E-state index contributed by atoms with van der Waals surface area (Å²) in [5.41, 5.74) is -0.411. The van der Waals surface area contributed by atoms with Crippen molar-refractivity contribution in [3.8, 4) is 0 Å². The third-order valence-corrected chi connectivity index (χ3v) is 3.70. The van der Waals surface area contributed by atoms with E-state index in [4.69, 9.17) is 4.74 Å². The highest BCUT2D eigenvalue weighted by atomic mass is 32.1. The highest BCUT2D eigenvalue weighted by Gasteiger charge is 2.29. The van der Waals surface area contributed by atoms with Crippen molar-refractivity contribution in [2.45, 2.75) is 32.8 Å². The van der Waals surface area contributed by atoms with E-state index in [-0.39, 0.29) is 5.97 Å². The molecule has 16 heavy (non-hydrogen) atoms. The summed E-state index contributed by atoms with van der Waals surface area (Å²) >= 11 is 1.33. The Bertz CT molecular complexity index is 364. The van der Waals surface area contributed by atoms with Crippen molar-refractivity contribution >= 4 is 17.3 Å². The van der Waals surface area contributed by atoms with Gasteiger partial charge in [0.2, 0.25) is 0 Å². The first-order valence-electron chi connectivity index (χ1n) is 5.26. The monoisotopic (exact) mass is 243 g/mol. The highest BCUT2D eigenvalue weighted by Crippen LogP contribution is 2.32. The zero-order valence-corrected chi connectivity index (χ0v) is 10.9. The summed E-state index contributed by atoms with van der Waals surface area (Å²) in [6.07, 6.45) is 2.35. The molecule has 1 aromatic rings. The van der Waals surface area contributed by atoms with Crippen LogP contribution in [0.25, 0.3) is 0 Å². The van der Waals surface area contributed by atoms with Gasteiger partial charge in [-0.2, -0.15) is 0 Å². The number of thiazole rings is 1. The van der Waals surface area contributed by atoms with Crippen LogP contribution < -0.4 is 0 Å². The van der Waals surface area contributed by atoms with Crippen molar-refractivity contribution < 1.29 is 14.3 Å². The minimum atomic E-state index is -0.411. The summed E-state index contributed by atoms with van der Waals surface area (Å²) < 4.78 is 10.3. The van der Waals surface area contributed by atoms with Crippen molar-refractivity contribution in [3.63, 3.8) is 0 Å². The summed E-state index contributed by atoms with van der Waals surface area (Å²) in [6, 6.07) is 0. The molecule has 0 aromatic carbocycles. The number of hydrogen-bond donors (Lipinski definition) is 0. The van der Waals surface area contributed by atoms with Gasteiger partial charge in [-0.05, 0) is 20.3 Å². The molecule has 0 saturated heterocycles. The lowest BCUT2D eigenvalue weighted by molar-refractivity contribution is -0.0324. The van der Waals surface area contributed by atoms with Gasteiger partial charge < -0.3 is 9.47 Å². The topological polar surface area (TPSA) is 48.4 Å². The molecule has 0 aliphatic carbocycles. The Labute approximate surface area is 99.6 Å². The normalized spacial score (nSPS) is 14.5. The Hall–Kier alpha value is -0.940. The fourth-order valence-electron chi connectivity index (χ4n) is 1.35. The Morgan fingerprint density at radius 3 is 2.75 bits per heavy atom. The van der Waals surface area contributed by atoms with Crippen molar-refractivity contribution in [2.75, 3.05) is 13.7 Å². The minimum Gasteiger partial charge on any atom is -0.465 e. The molecular formula is C11H17NO3S. The second-order valence-corrected chi connectivity index (χ2v) is 4.57. The van der Waals surface area contributed by atoms with E-state index in [1.54, 1.807) is 6.20 Å². The van der Waals surface area contributed by atoms with Gasteiger partial charge >= 0.3 is 5.97 Å². The largest absolute Gasteiger partial charge is 0.465 e. The van der Waals surface area contributed by atoms with Crippen molar-refractivity contribution in [1.82, 2.24) is 4.98 Å². The maximum absolute atomic E-state index is 11.3. The number of carbonyl (C=O) groups excluding carboxylic acids is 1. The Morgan fingerprint density at radius 1 is 1.56 bits per heavy atom. The summed E-state index contributed by atoms with van der Waals surface area (Å²) in [5, 5.41) is 0.817. The maximum Gasteiger partial charge on any atom is 0.349 e. The standard InChI is InChI=1S/C11H17NO3S/c1-5-11(3,15-6-2)10-12-7-8(16-10)9(13)14-4/h7H,5-6H2,1-4H3. The first kappa shape index (κ1) is 13.1. The van der Waals surface area contributed by atoms with E-state index in [1.165, 1.54) is 18.4 Å². The number of nitrogens with zero attached hydrogens (tertiary/aromatic N) is 1. The van der Waals surface area contributed by atoms with Gasteiger partial charge in [0.05, 0.1) is 13.3 Å². The van der Waals surface area contributed by atoms with E-state index in [1.807, 2.05) is 20.8 Å². The van der Waals surface area contributed by atoms with Crippen LogP contribution in [0.2, 0.25) is 0 Å². The molecule has 1 rings (SSSR count). The average Bonchev–Trinajstić information content (AvgIpc) is 2.78. The van der Waals surface area contributed by atoms with E-state index in [0.29, 0.717) is 11.5 Å². The second-order valence-electron chi connectivity index (χ2n) is 3.54. The molecule has 0 saturated carbocycles. The number of aromatic nitrogens is 1. The van der Waals surface area contributed by atoms with E-state index < -0.39 is 5.60 Å². The molecule has 0 N–H and O–H groups in total. The molecule has 1 atom stereocenters. The van der Waals surface area contributed by atoms with Gasteiger partial charge in [-0.1, -0.05) is 6.92 Å². The first-order chi connectivity index (χ1) is 7.57. The number of rotatable bonds is 5. The smallest absolute Gasteiger partial charge is 0.349 e. The van der Waals surface area contributed by atoms with Crippen molar-refractivity contribution in [2.24, 2.45) is 0 Å². The van der Waals surface area contributed by atoms with Crippen LogP contribution in [0.1, 0.15) is 41.9 Å². The van der Waals surface area contributed by atoms with Gasteiger partial charge in [0.15, 0.2) is 0 Å². The van der Waals surface area contributed by atoms with Gasteiger partial charge in [0, 0.05) is 6.61 Å². The Balaban J connectivity index is 2.95. The van der Waals surface area contributed by atoms with Crippen LogP contribution in [0.3, 0.4) is 0 Å². The molecule has 0 aliphatic rings. The van der Waals surface area contributed by atoms with Crippen LogP contribution in [-0.2, 0) is 15.1 Å². The molecule has 0 spiro atoms. The molecule has 0 fully saturated rings. The molecule has 1 unspecified atom stereocenters. The van der Waals surface area contributed by atoms with E-state index in [9.17, 15) is 4.79 Å². The molecule has 4 nitrogen and oxygen atoms in total. The summed E-state index contributed by atoms with van der Waals surface area (Å²) in [6.45, 7) is 6.59. The molecular weight excluding hydrogens is 226 g/mol. The van der Waals surface area contributed by atoms with Crippen LogP contribution in [0.4, 0.5) is 0 Å². The lowest BCUT2D eigenvalue weighted by Gasteiger charge is -2.25. The molecule has 0 bridgehead atoms. The van der Waals surface area contributed by atoms with Crippen LogP contribution in [-0.4, -0.2) is 24.7 Å². The van der Waals surface area contributed by atoms with Crippen molar-refractivity contribution in [1.29, 1.82) is 0 Å². The lowest BCUT2D eigenvalue weighted by Crippen LogP contribution is -2.24. The van der Waals surface area contributed by atoms with Crippen LogP contribution in [0.15, 0.2) is 6.20 Å². The molecule has 0 aliphatic heterocycles. The van der Waals surface area contributed by atoms with Crippen LogP contribution in [0.5, 0.6) is 0 Å². The number of methoxy groups -OCH3 is 1. The van der Waals surface area contributed by atoms with E-state index in [0.717, 1.165) is 11.4 Å². The Kier molecular flexibility index (Phi) is 4.44. The lowest BCUT2D eigenvalue weighted by atomic mass is 10.1. The third kappa shape index (κ3) is 2.59. The molecule has 0 radical (unpaired) electrons. The Morgan fingerprint density at radius 2 is 2.25 bits per heavy atom. The predicted molar refractivity (Wildman–Crippen MR) is 62.7 cm³/mol. The average molecular weight is 243 g/mol. The van der Waals surface area contributed by atoms with Crippen LogP contribution in [0, 0.1) is 0 Å². The zero-order chi connectivity index (χ0) is 12.2. The van der Waals surface area contributed by atoms with E-state index in [2.05, 4.69) is 9.72 Å². The minimum absolute atomic E-state index is 0.348. The fourth-order valence-corrected chi connectivity index (χ4v) is 2.35. The number of hydrogen-bond acceptors (Lipinski definition) is 5. The van der Waals surface area contributed by atoms with Gasteiger partial charge in [0.25, 0.3) is 0 Å². The molecule has 1 heterocycles. The third-order valence-electron chi connectivity index (χ3n) is 2.48. The van der Waals surface area contributed by atoms with Crippen LogP contribution >= 0.6 is 11.3 Å². The van der Waals surface area contributed by atoms with Gasteiger partial charge in [-0.25, -0.2) is 9.78 Å². The quantitative estimate of drug-likeness (QED) is 0.746. The highest BCUT2D eigenvalue weighted by molar-refractivity contribution is 7.13. The molecule has 1 aromatic heterocycles. The maximum atomic E-state index is 11.3. The molecule has 5 heteroatoms. The predicted octanol–water partition coefficient (Wildman–Crippen LogP) is 2.59. The molecule has 0 amide bonds. The van der Waals surface area contributed by atoms with Gasteiger partial charge in [-0.3, -0.25) is 0 Å². The van der Waals surface area contributed by atoms with Crippen molar-refractivity contribution in [3.05, 3.63) is 16.1 Å².